The number of hydrogen-bond donors (Lipinski definition) is 1. The van der Waals surface area contributed by atoms with Crippen molar-refractivity contribution in [2.45, 2.75) is 6.92 Å². The predicted octanol–water partition coefficient (Wildman–Crippen LogP) is 1.81. The Bertz CT molecular complexity index is 464. The van der Waals surface area contributed by atoms with Crippen molar-refractivity contribution >= 4 is 17.3 Å². The van der Waals surface area contributed by atoms with Crippen molar-refractivity contribution in [3.8, 4) is 5.82 Å². The molecular weight excluding hydrogens is 200 g/mol. The molecule has 5 heteroatoms. The highest BCUT2D eigenvalue weighted by Crippen LogP contribution is 2.19. The topological polar surface area (TPSA) is 56.7 Å². The van der Waals surface area contributed by atoms with Crippen LogP contribution in [0.4, 0.5) is 5.69 Å². The van der Waals surface area contributed by atoms with Crippen molar-refractivity contribution in [1.29, 1.82) is 0 Å². The van der Waals surface area contributed by atoms with Crippen molar-refractivity contribution in [1.82, 2.24) is 14.8 Å². The molecule has 0 aromatic carbocycles. The summed E-state index contributed by atoms with van der Waals surface area (Å²) in [6, 6.07) is 3.54. The van der Waals surface area contributed by atoms with Gasteiger partial charge in [0.25, 0.3) is 0 Å². The Labute approximate surface area is 86.3 Å². The van der Waals surface area contributed by atoms with Crippen LogP contribution in [0.25, 0.3) is 5.82 Å². The molecule has 0 unspecified atom stereocenters. The van der Waals surface area contributed by atoms with Gasteiger partial charge in [0.2, 0.25) is 0 Å². The van der Waals surface area contributed by atoms with E-state index in [4.69, 9.17) is 17.3 Å². The molecule has 0 saturated heterocycles. The lowest BCUT2D eigenvalue weighted by atomic mass is 10.4. The summed E-state index contributed by atoms with van der Waals surface area (Å²) in [5.41, 5.74) is 6.99. The Balaban J connectivity index is 2.52. The Hall–Kier alpha value is -1.55. The highest BCUT2D eigenvalue weighted by molar-refractivity contribution is 6.32. The van der Waals surface area contributed by atoms with Crippen molar-refractivity contribution < 1.29 is 0 Å². The van der Waals surface area contributed by atoms with Gasteiger partial charge in [-0.25, -0.2) is 9.67 Å². The van der Waals surface area contributed by atoms with Crippen LogP contribution in [0.5, 0.6) is 0 Å². The van der Waals surface area contributed by atoms with Gasteiger partial charge in [0.1, 0.15) is 0 Å². The van der Waals surface area contributed by atoms with Gasteiger partial charge in [0.15, 0.2) is 5.82 Å². The lowest BCUT2D eigenvalue weighted by molar-refractivity contribution is 0.833. The summed E-state index contributed by atoms with van der Waals surface area (Å²) in [6.45, 7) is 1.90. The number of aryl methyl sites for hydroxylation is 1. The standard InChI is InChI=1S/C9H9ClN4/c1-6-2-3-14(13-6)9-8(10)4-7(11)5-12-9/h2-5H,11H2,1H3. The molecule has 0 aliphatic heterocycles. The summed E-state index contributed by atoms with van der Waals surface area (Å²) >= 11 is 5.97. The quantitative estimate of drug-likeness (QED) is 0.778. The number of hydrogen-bond acceptors (Lipinski definition) is 3. The molecule has 2 aromatic heterocycles. The van der Waals surface area contributed by atoms with Crippen molar-refractivity contribution in [2.24, 2.45) is 0 Å². The maximum Gasteiger partial charge on any atom is 0.172 e. The second kappa shape index (κ2) is 3.31. The molecule has 14 heavy (non-hydrogen) atoms. The fourth-order valence-corrected chi connectivity index (χ4v) is 1.41. The molecular formula is C9H9ClN4. The van der Waals surface area contributed by atoms with Gasteiger partial charge in [0.05, 0.1) is 22.6 Å². The highest BCUT2D eigenvalue weighted by Gasteiger charge is 2.05. The van der Waals surface area contributed by atoms with Crippen LogP contribution < -0.4 is 5.73 Å². The van der Waals surface area contributed by atoms with E-state index in [1.807, 2.05) is 13.0 Å². The van der Waals surface area contributed by atoms with Gasteiger partial charge in [-0.15, -0.1) is 0 Å². The zero-order valence-electron chi connectivity index (χ0n) is 7.61. The number of pyridine rings is 1. The first-order valence-electron chi connectivity index (χ1n) is 4.10. The Morgan fingerprint density at radius 3 is 2.86 bits per heavy atom. The van der Waals surface area contributed by atoms with Gasteiger partial charge in [-0.2, -0.15) is 5.10 Å². The molecule has 0 aliphatic rings. The number of rotatable bonds is 1. The van der Waals surface area contributed by atoms with E-state index in [-0.39, 0.29) is 0 Å². The van der Waals surface area contributed by atoms with E-state index in [0.29, 0.717) is 16.5 Å². The van der Waals surface area contributed by atoms with Crippen molar-refractivity contribution in [3.05, 3.63) is 35.2 Å². The van der Waals surface area contributed by atoms with E-state index in [2.05, 4.69) is 10.1 Å². The maximum atomic E-state index is 5.97. The first kappa shape index (κ1) is 9.02. The summed E-state index contributed by atoms with van der Waals surface area (Å²) in [5, 5.41) is 4.69. The number of aromatic nitrogens is 3. The third kappa shape index (κ3) is 1.56. The molecule has 0 aliphatic carbocycles. The van der Waals surface area contributed by atoms with Gasteiger partial charge in [-0.3, -0.25) is 0 Å². The molecule has 0 fully saturated rings. The maximum absolute atomic E-state index is 5.97. The number of anilines is 1. The van der Waals surface area contributed by atoms with E-state index in [1.165, 1.54) is 0 Å². The Morgan fingerprint density at radius 1 is 1.50 bits per heavy atom. The minimum atomic E-state index is 0.494. The molecule has 0 amide bonds. The minimum absolute atomic E-state index is 0.494. The summed E-state index contributed by atoms with van der Waals surface area (Å²) in [6.07, 6.45) is 3.36. The second-order valence-electron chi connectivity index (χ2n) is 2.98. The normalized spacial score (nSPS) is 10.4. The molecule has 4 nitrogen and oxygen atoms in total. The van der Waals surface area contributed by atoms with Gasteiger partial charge in [0, 0.05) is 6.20 Å². The predicted molar refractivity (Wildman–Crippen MR) is 55.5 cm³/mol. The first-order valence-corrected chi connectivity index (χ1v) is 4.48. The summed E-state index contributed by atoms with van der Waals surface area (Å²) < 4.78 is 1.62. The molecule has 0 spiro atoms. The van der Waals surface area contributed by atoms with E-state index < -0.39 is 0 Å². The lowest BCUT2D eigenvalue weighted by Crippen LogP contribution is -2.00. The summed E-state index contributed by atoms with van der Waals surface area (Å²) in [5.74, 6) is 0.592. The average Bonchev–Trinajstić information content (AvgIpc) is 2.51. The van der Waals surface area contributed by atoms with Crippen LogP contribution in [0.15, 0.2) is 24.5 Å². The van der Waals surface area contributed by atoms with Crippen LogP contribution in [0.1, 0.15) is 5.69 Å². The fraction of sp³-hybridized carbons (Fsp3) is 0.111. The summed E-state index contributed by atoms with van der Waals surface area (Å²) in [4.78, 5) is 4.10. The van der Waals surface area contributed by atoms with E-state index in [0.717, 1.165) is 5.69 Å². The largest absolute Gasteiger partial charge is 0.397 e. The molecule has 2 rings (SSSR count). The molecule has 0 atom stereocenters. The number of nitrogens with zero attached hydrogens (tertiary/aromatic N) is 3. The Morgan fingerprint density at radius 2 is 2.29 bits per heavy atom. The number of nitrogen functional groups attached to an aromatic ring is 1. The molecule has 2 aromatic rings. The van der Waals surface area contributed by atoms with Gasteiger partial charge < -0.3 is 5.73 Å². The van der Waals surface area contributed by atoms with E-state index >= 15 is 0 Å². The second-order valence-corrected chi connectivity index (χ2v) is 3.38. The molecule has 0 radical (unpaired) electrons. The molecule has 0 bridgehead atoms. The van der Waals surface area contributed by atoms with Crippen LogP contribution in [0.3, 0.4) is 0 Å². The molecule has 72 valence electrons. The third-order valence-corrected chi connectivity index (χ3v) is 2.06. The number of nitrogens with two attached hydrogens (primary N) is 1. The molecule has 0 saturated carbocycles. The van der Waals surface area contributed by atoms with Gasteiger partial charge in [-0.1, -0.05) is 11.6 Å². The van der Waals surface area contributed by atoms with Crippen LogP contribution >= 0.6 is 11.6 Å². The van der Waals surface area contributed by atoms with Crippen LogP contribution in [-0.2, 0) is 0 Å². The molecule has 2 N–H and O–H groups in total. The summed E-state index contributed by atoms with van der Waals surface area (Å²) in [7, 11) is 0. The average molecular weight is 209 g/mol. The fourth-order valence-electron chi connectivity index (χ4n) is 1.15. The van der Waals surface area contributed by atoms with Crippen molar-refractivity contribution in [2.75, 3.05) is 5.73 Å². The van der Waals surface area contributed by atoms with Crippen LogP contribution in [0.2, 0.25) is 5.02 Å². The first-order chi connectivity index (χ1) is 6.66. The highest BCUT2D eigenvalue weighted by atomic mass is 35.5. The monoisotopic (exact) mass is 208 g/mol. The Kier molecular flexibility index (Phi) is 2.13. The molecule has 2 heterocycles. The van der Waals surface area contributed by atoms with Crippen LogP contribution in [-0.4, -0.2) is 14.8 Å². The van der Waals surface area contributed by atoms with Gasteiger partial charge >= 0.3 is 0 Å². The van der Waals surface area contributed by atoms with Crippen LogP contribution in [0, 0.1) is 6.92 Å². The SMILES string of the molecule is Cc1ccn(-c2ncc(N)cc2Cl)n1. The third-order valence-electron chi connectivity index (χ3n) is 1.78. The van der Waals surface area contributed by atoms with E-state index in [1.54, 1.807) is 23.1 Å². The van der Waals surface area contributed by atoms with Crippen molar-refractivity contribution in [3.63, 3.8) is 0 Å². The number of halogens is 1. The zero-order chi connectivity index (χ0) is 10.1. The van der Waals surface area contributed by atoms with Gasteiger partial charge in [-0.05, 0) is 19.1 Å². The zero-order valence-corrected chi connectivity index (χ0v) is 8.36. The van der Waals surface area contributed by atoms with E-state index in [9.17, 15) is 0 Å². The minimum Gasteiger partial charge on any atom is -0.397 e. The lowest BCUT2D eigenvalue weighted by Gasteiger charge is -2.03. The smallest absolute Gasteiger partial charge is 0.172 e.